The normalized spacial score (nSPS) is 11.6. The Morgan fingerprint density at radius 1 is 0.818 bits per heavy atom. The molecule has 0 aliphatic heterocycles. The summed E-state index contributed by atoms with van der Waals surface area (Å²) in [6.07, 6.45) is 0.865. The Balaban J connectivity index is 1.63. The van der Waals surface area contributed by atoms with Crippen molar-refractivity contribution in [1.29, 1.82) is 0 Å². The van der Waals surface area contributed by atoms with E-state index >= 15 is 0 Å². The number of rotatable bonds is 5. The topological polar surface area (TPSA) is 56.2 Å². The van der Waals surface area contributed by atoms with Crippen molar-refractivity contribution in [3.05, 3.63) is 83.9 Å². The minimum atomic E-state index is 0.601. The first-order valence-electron chi connectivity index (χ1n) is 10.8. The van der Waals surface area contributed by atoms with Crippen LogP contribution in [0.1, 0.15) is 15.9 Å². The predicted octanol–water partition coefficient (Wildman–Crippen LogP) is 6.31. The predicted molar refractivity (Wildman–Crippen MR) is 133 cm³/mol. The van der Waals surface area contributed by atoms with Gasteiger partial charge in [-0.1, -0.05) is 36.4 Å². The van der Waals surface area contributed by atoms with Crippen LogP contribution in [0.5, 0.6) is 11.5 Å². The molecule has 162 valence electrons. The van der Waals surface area contributed by atoms with Gasteiger partial charge in [0.1, 0.15) is 17.8 Å². The minimum absolute atomic E-state index is 0.601. The van der Waals surface area contributed by atoms with Crippen molar-refractivity contribution in [2.24, 2.45) is 0 Å². The van der Waals surface area contributed by atoms with Crippen molar-refractivity contribution in [2.45, 2.75) is 6.54 Å². The lowest BCUT2D eigenvalue weighted by molar-refractivity contribution is 0.112. The highest BCUT2D eigenvalue weighted by molar-refractivity contribution is 6.12. The number of nitrogens with one attached hydrogen (secondary N) is 1. The smallest absolute Gasteiger partial charge is 0.150 e. The van der Waals surface area contributed by atoms with Crippen LogP contribution < -0.4 is 9.47 Å². The van der Waals surface area contributed by atoms with Crippen LogP contribution >= 0.6 is 0 Å². The van der Waals surface area contributed by atoms with Crippen LogP contribution in [0.2, 0.25) is 0 Å². The largest absolute Gasteiger partial charge is 0.495 e. The number of aldehydes is 1. The van der Waals surface area contributed by atoms with Gasteiger partial charge in [-0.25, -0.2) is 0 Å². The summed E-state index contributed by atoms with van der Waals surface area (Å²) in [5, 5.41) is 4.40. The molecule has 0 spiro atoms. The molecule has 1 N–H and O–H groups in total. The van der Waals surface area contributed by atoms with Gasteiger partial charge < -0.3 is 19.0 Å². The van der Waals surface area contributed by atoms with Crippen molar-refractivity contribution in [1.82, 2.24) is 9.55 Å². The van der Waals surface area contributed by atoms with E-state index in [1.807, 2.05) is 24.3 Å². The van der Waals surface area contributed by atoms with E-state index in [1.165, 1.54) is 5.39 Å². The Bertz CT molecular complexity index is 1690. The number of aromatic amines is 1. The molecule has 0 fully saturated rings. The molecule has 5 nitrogen and oxygen atoms in total. The van der Waals surface area contributed by atoms with E-state index in [1.54, 1.807) is 20.3 Å². The van der Waals surface area contributed by atoms with E-state index in [0.29, 0.717) is 17.9 Å². The van der Waals surface area contributed by atoms with Gasteiger partial charge in [0.25, 0.3) is 0 Å². The maximum atomic E-state index is 11.5. The second-order valence-corrected chi connectivity index (χ2v) is 8.23. The van der Waals surface area contributed by atoms with Gasteiger partial charge in [0.05, 0.1) is 25.3 Å². The van der Waals surface area contributed by atoms with Gasteiger partial charge in [-0.05, 0) is 42.0 Å². The summed E-state index contributed by atoms with van der Waals surface area (Å²) in [5.41, 5.74) is 5.87. The molecule has 33 heavy (non-hydrogen) atoms. The fraction of sp³-hybridized carbons (Fsp3) is 0.107. The lowest BCUT2D eigenvalue weighted by Crippen LogP contribution is -2.02. The molecular weight excluding hydrogens is 412 g/mol. The zero-order chi connectivity index (χ0) is 22.5. The number of ether oxygens (including phenoxy) is 2. The van der Waals surface area contributed by atoms with Crippen molar-refractivity contribution >= 4 is 49.9 Å². The van der Waals surface area contributed by atoms with Gasteiger partial charge in [0.15, 0.2) is 0 Å². The SMILES string of the molecule is COc1cc(Cn2c3ccccc3c3cc(C=O)cc(OC)c32)cc2c1[nH]c1ccccc12. The lowest BCUT2D eigenvalue weighted by atomic mass is 10.1. The van der Waals surface area contributed by atoms with Gasteiger partial charge in [-0.3, -0.25) is 4.79 Å². The summed E-state index contributed by atoms with van der Waals surface area (Å²) >= 11 is 0. The summed E-state index contributed by atoms with van der Waals surface area (Å²) in [6.45, 7) is 0.632. The zero-order valence-corrected chi connectivity index (χ0v) is 18.4. The first-order chi connectivity index (χ1) is 16.2. The maximum Gasteiger partial charge on any atom is 0.150 e. The van der Waals surface area contributed by atoms with Crippen molar-refractivity contribution in [2.75, 3.05) is 14.2 Å². The molecule has 2 heterocycles. The van der Waals surface area contributed by atoms with E-state index in [4.69, 9.17) is 9.47 Å². The van der Waals surface area contributed by atoms with Gasteiger partial charge in [0, 0.05) is 44.7 Å². The van der Waals surface area contributed by atoms with Crippen molar-refractivity contribution in [3.8, 4) is 11.5 Å². The second kappa shape index (κ2) is 7.41. The highest BCUT2D eigenvalue weighted by Crippen LogP contribution is 2.38. The average molecular weight is 434 g/mol. The molecule has 0 atom stereocenters. The standard InChI is InChI=1S/C28H22N2O3/c1-32-25-13-17(11-21-19-7-3-5-9-23(19)29-27(21)25)15-30-24-10-6-4-8-20(24)22-12-18(16-31)14-26(33-2)28(22)30/h3-14,16,29H,15H2,1-2H3. The number of hydrogen-bond donors (Lipinski definition) is 1. The van der Waals surface area contributed by atoms with E-state index in [0.717, 1.165) is 55.8 Å². The molecule has 0 bridgehead atoms. The van der Waals surface area contributed by atoms with Crippen molar-refractivity contribution < 1.29 is 14.3 Å². The van der Waals surface area contributed by atoms with E-state index in [9.17, 15) is 4.79 Å². The third-order valence-electron chi connectivity index (χ3n) is 6.41. The lowest BCUT2D eigenvalue weighted by Gasteiger charge is -2.13. The third kappa shape index (κ3) is 2.89. The Hall–Kier alpha value is -4.25. The van der Waals surface area contributed by atoms with Crippen LogP contribution in [0.3, 0.4) is 0 Å². The van der Waals surface area contributed by atoms with Gasteiger partial charge in [-0.2, -0.15) is 0 Å². The van der Waals surface area contributed by atoms with Gasteiger partial charge >= 0.3 is 0 Å². The Kier molecular flexibility index (Phi) is 4.37. The summed E-state index contributed by atoms with van der Waals surface area (Å²) in [6, 6.07) is 24.6. The third-order valence-corrected chi connectivity index (χ3v) is 6.41. The Labute approximate surface area is 190 Å². The van der Waals surface area contributed by atoms with E-state index in [2.05, 4.69) is 52.0 Å². The van der Waals surface area contributed by atoms with Crippen LogP contribution in [0.15, 0.2) is 72.8 Å². The number of benzene rings is 4. The molecule has 2 aromatic heterocycles. The number of carbonyl (C=O) groups is 1. The maximum absolute atomic E-state index is 11.5. The van der Waals surface area contributed by atoms with Gasteiger partial charge in [-0.15, -0.1) is 0 Å². The quantitative estimate of drug-likeness (QED) is 0.324. The molecule has 0 saturated heterocycles. The zero-order valence-electron chi connectivity index (χ0n) is 18.4. The molecule has 6 rings (SSSR count). The number of para-hydroxylation sites is 2. The summed E-state index contributed by atoms with van der Waals surface area (Å²) in [7, 11) is 3.35. The molecule has 5 heteroatoms. The molecular formula is C28H22N2O3. The minimum Gasteiger partial charge on any atom is -0.495 e. The molecule has 0 unspecified atom stereocenters. The number of hydrogen-bond acceptors (Lipinski definition) is 3. The number of aromatic nitrogens is 2. The molecule has 0 radical (unpaired) electrons. The fourth-order valence-electron chi connectivity index (χ4n) is 4.97. The van der Waals surface area contributed by atoms with Crippen molar-refractivity contribution in [3.63, 3.8) is 0 Å². The number of fused-ring (bicyclic) bond motifs is 6. The van der Waals surface area contributed by atoms with Crippen LogP contribution in [0, 0.1) is 0 Å². The Morgan fingerprint density at radius 2 is 1.58 bits per heavy atom. The average Bonchev–Trinajstić information content (AvgIpc) is 3.39. The first kappa shape index (κ1) is 19.4. The molecule has 0 aliphatic carbocycles. The number of carbonyl (C=O) groups excluding carboxylic acids is 1. The van der Waals surface area contributed by atoms with Crippen LogP contribution in [0.25, 0.3) is 43.6 Å². The van der Waals surface area contributed by atoms with Crippen LogP contribution in [-0.2, 0) is 6.54 Å². The van der Waals surface area contributed by atoms with Gasteiger partial charge in [0.2, 0.25) is 0 Å². The summed E-state index contributed by atoms with van der Waals surface area (Å²) in [4.78, 5) is 15.0. The van der Waals surface area contributed by atoms with Crippen LogP contribution in [0.4, 0.5) is 0 Å². The highest BCUT2D eigenvalue weighted by Gasteiger charge is 2.18. The number of nitrogens with zero attached hydrogens (tertiary/aromatic N) is 1. The number of methoxy groups -OCH3 is 2. The molecule has 0 amide bonds. The molecule has 0 saturated carbocycles. The van der Waals surface area contributed by atoms with Crippen LogP contribution in [-0.4, -0.2) is 30.1 Å². The number of H-pyrrole nitrogens is 1. The van der Waals surface area contributed by atoms with E-state index < -0.39 is 0 Å². The molecule has 4 aromatic carbocycles. The monoisotopic (exact) mass is 434 g/mol. The molecule has 0 aliphatic rings. The fourth-order valence-corrected chi connectivity index (χ4v) is 4.97. The Morgan fingerprint density at radius 3 is 2.36 bits per heavy atom. The van der Waals surface area contributed by atoms with E-state index in [-0.39, 0.29) is 0 Å². The summed E-state index contributed by atoms with van der Waals surface area (Å²) < 4.78 is 13.7. The second-order valence-electron chi connectivity index (χ2n) is 8.23. The highest BCUT2D eigenvalue weighted by atomic mass is 16.5. The summed E-state index contributed by atoms with van der Waals surface area (Å²) in [5.74, 6) is 1.50. The molecule has 6 aromatic rings. The first-order valence-corrected chi connectivity index (χ1v) is 10.8.